The van der Waals surface area contributed by atoms with Crippen molar-refractivity contribution in [3.05, 3.63) is 12.7 Å². The van der Waals surface area contributed by atoms with E-state index in [0.29, 0.717) is 11.2 Å². The van der Waals surface area contributed by atoms with Crippen molar-refractivity contribution in [2.75, 3.05) is 12.3 Å². The molecule has 0 unspecified atom stereocenters. The summed E-state index contributed by atoms with van der Waals surface area (Å²) in [6, 6.07) is -1.23. The largest absolute Gasteiger partial charge is 0.444 e. The predicted octanol–water partition coefficient (Wildman–Crippen LogP) is 0.117. The number of carbonyl (C=O) groups excluding carboxylic acids is 2. The number of hydrogen-bond donors (Lipinski definition) is 3. The Morgan fingerprint density at radius 3 is 2.58 bits per heavy atom. The van der Waals surface area contributed by atoms with Gasteiger partial charge >= 0.3 is 16.4 Å². The molecular weight excluding hydrogens is 526 g/mol. The molecule has 4 N–H and O–H groups in total. The number of fused-ring (bicyclic) bond motifs is 2. The van der Waals surface area contributed by atoms with E-state index in [0.717, 1.165) is 0 Å². The lowest BCUT2D eigenvalue weighted by atomic mass is 10.1. The third-order valence-electron chi connectivity index (χ3n) is 5.53. The number of nitrogens with two attached hydrogens (primary N) is 1. The minimum Gasteiger partial charge on any atom is -0.444 e. The average Bonchev–Trinajstić information content (AvgIpc) is 3.42. The maximum Gasteiger partial charge on any atom is 0.408 e. The van der Waals surface area contributed by atoms with Gasteiger partial charge in [0.2, 0.25) is 0 Å². The van der Waals surface area contributed by atoms with Crippen molar-refractivity contribution < 1.29 is 41.1 Å². The monoisotopic (exact) mass is 557 g/mol. The highest BCUT2D eigenvalue weighted by Gasteiger charge is 2.56. The molecule has 0 radical (unpaired) electrons. The Labute approximate surface area is 218 Å². The Kier molecular flexibility index (Phi) is 7.26. The number of nitrogens with zero attached hydrogens (tertiary/aromatic N) is 4. The Hall–Kier alpha value is -3.12. The molecule has 2 aromatic heterocycles. The maximum absolute atomic E-state index is 12.5. The Morgan fingerprint density at radius 2 is 1.89 bits per heavy atom. The zero-order valence-electron chi connectivity index (χ0n) is 21.7. The molecule has 2 aliphatic heterocycles. The summed E-state index contributed by atoms with van der Waals surface area (Å²) in [7, 11) is -4.58. The Balaban J connectivity index is 1.42. The van der Waals surface area contributed by atoms with Crippen molar-refractivity contribution in [2.45, 2.75) is 83.5 Å². The fourth-order valence-electron chi connectivity index (χ4n) is 4.02. The van der Waals surface area contributed by atoms with Crippen LogP contribution in [0.4, 0.5) is 10.6 Å². The summed E-state index contributed by atoms with van der Waals surface area (Å²) in [5.74, 6) is -1.83. The third kappa shape index (κ3) is 6.12. The lowest BCUT2D eigenvalue weighted by Crippen LogP contribution is -2.48. The van der Waals surface area contributed by atoms with Crippen LogP contribution in [0.1, 0.15) is 47.8 Å². The van der Waals surface area contributed by atoms with Gasteiger partial charge in [0.1, 0.15) is 41.8 Å². The summed E-state index contributed by atoms with van der Waals surface area (Å²) in [4.78, 5) is 36.6. The van der Waals surface area contributed by atoms with Crippen LogP contribution in [0.2, 0.25) is 0 Å². The zero-order chi connectivity index (χ0) is 28.0. The SMILES string of the molecule is C[C@@H](NC(=O)OC(C)(C)C)C(=O)NS(=O)(=O)OC[C@H]1O[C@@H](n2cnc3c(N)ncnc32)[C@@H]2OC(C)(C)O[C@@H]21. The number of hydrogen-bond acceptors (Lipinski definition) is 13. The minimum atomic E-state index is -4.58. The molecule has 0 bridgehead atoms. The minimum absolute atomic E-state index is 0.185. The van der Waals surface area contributed by atoms with E-state index in [2.05, 4.69) is 20.3 Å². The fraction of sp³-hybridized carbons (Fsp3) is 0.667. The number of carbonyl (C=O) groups is 2. The molecule has 2 aromatic rings. The first-order chi connectivity index (χ1) is 17.6. The smallest absolute Gasteiger partial charge is 0.408 e. The molecule has 0 aliphatic carbocycles. The first kappa shape index (κ1) is 27.9. The van der Waals surface area contributed by atoms with Crippen molar-refractivity contribution in [3.8, 4) is 0 Å². The lowest BCUT2D eigenvalue weighted by Gasteiger charge is -2.24. The van der Waals surface area contributed by atoms with Gasteiger partial charge in [0.25, 0.3) is 5.91 Å². The molecule has 2 fully saturated rings. The summed E-state index contributed by atoms with van der Waals surface area (Å²) < 4.78 is 56.5. The van der Waals surface area contributed by atoms with E-state index in [1.54, 1.807) is 43.9 Å². The number of rotatable bonds is 7. The maximum atomic E-state index is 12.5. The number of aromatic nitrogens is 4. The molecule has 4 heterocycles. The second-order valence-electron chi connectivity index (χ2n) is 10.3. The number of amides is 2. The van der Waals surface area contributed by atoms with E-state index < -0.39 is 70.9 Å². The number of nitrogens with one attached hydrogen (secondary N) is 2. The zero-order valence-corrected chi connectivity index (χ0v) is 22.5. The molecule has 17 heteroatoms. The van der Waals surface area contributed by atoms with Crippen LogP contribution in [0.5, 0.6) is 0 Å². The van der Waals surface area contributed by atoms with Gasteiger partial charge in [0.05, 0.1) is 12.9 Å². The number of nitrogen functional groups attached to an aromatic ring is 1. The van der Waals surface area contributed by atoms with Crippen molar-refractivity contribution in [1.29, 1.82) is 0 Å². The van der Waals surface area contributed by atoms with E-state index in [1.807, 2.05) is 0 Å². The molecule has 2 amide bonds. The first-order valence-electron chi connectivity index (χ1n) is 11.7. The van der Waals surface area contributed by atoms with Crippen molar-refractivity contribution in [3.63, 3.8) is 0 Å². The van der Waals surface area contributed by atoms with Crippen LogP contribution >= 0.6 is 0 Å². The van der Waals surface area contributed by atoms with E-state index in [9.17, 15) is 18.0 Å². The molecule has 0 aromatic carbocycles. The molecule has 5 atom stereocenters. The van der Waals surface area contributed by atoms with Gasteiger partial charge < -0.3 is 30.0 Å². The Bertz CT molecular complexity index is 1320. The van der Waals surface area contributed by atoms with Crippen LogP contribution in [0, 0.1) is 0 Å². The van der Waals surface area contributed by atoms with Gasteiger partial charge in [0.15, 0.2) is 23.5 Å². The fourth-order valence-corrected chi connectivity index (χ4v) is 4.82. The molecule has 4 rings (SSSR count). The van der Waals surface area contributed by atoms with E-state index in [4.69, 9.17) is 28.9 Å². The molecular formula is C21H31N7O9S. The van der Waals surface area contributed by atoms with E-state index >= 15 is 0 Å². The first-order valence-corrected chi connectivity index (χ1v) is 13.1. The van der Waals surface area contributed by atoms with Crippen molar-refractivity contribution in [1.82, 2.24) is 29.6 Å². The Morgan fingerprint density at radius 1 is 1.21 bits per heavy atom. The van der Waals surface area contributed by atoms with Gasteiger partial charge in [0, 0.05) is 0 Å². The standard InChI is InChI=1S/C21H31N7O9S/c1-10(26-19(30)37-20(2,3)4)17(29)27-38(31,32)33-7-11-13-14(36-21(5,6)35-13)18(34-11)28-9-25-12-15(22)23-8-24-16(12)28/h8-11,13-14,18H,7H2,1-6H3,(H,26,30)(H,27,29)(H2,22,23,24)/t10-,11-,13-,14-,18-/m1/s1. The molecule has 38 heavy (non-hydrogen) atoms. The summed E-state index contributed by atoms with van der Waals surface area (Å²) in [6.45, 7) is 9.15. The van der Waals surface area contributed by atoms with Crippen LogP contribution < -0.4 is 15.8 Å². The van der Waals surface area contributed by atoms with Crippen LogP contribution in [-0.2, 0) is 38.2 Å². The van der Waals surface area contributed by atoms with Gasteiger partial charge in [-0.15, -0.1) is 0 Å². The number of alkyl carbamates (subject to hydrolysis) is 1. The second kappa shape index (κ2) is 9.88. The topological polar surface area (TPSA) is 208 Å². The number of imidazole rings is 1. The van der Waals surface area contributed by atoms with Crippen LogP contribution in [0.15, 0.2) is 12.7 Å². The highest BCUT2D eigenvalue weighted by Crippen LogP contribution is 2.44. The summed E-state index contributed by atoms with van der Waals surface area (Å²) in [5.41, 5.74) is 5.84. The average molecular weight is 558 g/mol. The predicted molar refractivity (Wildman–Crippen MR) is 129 cm³/mol. The van der Waals surface area contributed by atoms with Gasteiger partial charge in [-0.05, 0) is 41.5 Å². The molecule has 0 saturated carbocycles. The van der Waals surface area contributed by atoms with Crippen LogP contribution in [-0.4, -0.2) is 82.3 Å². The number of anilines is 1. The van der Waals surface area contributed by atoms with Gasteiger partial charge in [-0.25, -0.2) is 24.5 Å². The highest BCUT2D eigenvalue weighted by molar-refractivity contribution is 7.85. The van der Waals surface area contributed by atoms with Crippen molar-refractivity contribution in [2.24, 2.45) is 0 Å². The van der Waals surface area contributed by atoms with Gasteiger partial charge in [-0.2, -0.15) is 8.42 Å². The molecule has 16 nitrogen and oxygen atoms in total. The third-order valence-corrected chi connectivity index (χ3v) is 6.42. The normalized spacial score (nSPS) is 25.6. The van der Waals surface area contributed by atoms with Crippen LogP contribution in [0.3, 0.4) is 0 Å². The van der Waals surface area contributed by atoms with Crippen LogP contribution in [0.25, 0.3) is 11.2 Å². The summed E-state index contributed by atoms with van der Waals surface area (Å²) in [6.07, 6.45) is -1.22. The molecule has 0 spiro atoms. The van der Waals surface area contributed by atoms with Gasteiger partial charge in [-0.1, -0.05) is 0 Å². The second-order valence-corrected chi connectivity index (χ2v) is 11.6. The van der Waals surface area contributed by atoms with Crippen molar-refractivity contribution >= 4 is 39.3 Å². The highest BCUT2D eigenvalue weighted by atomic mass is 32.2. The number of ether oxygens (including phenoxy) is 4. The summed E-state index contributed by atoms with van der Waals surface area (Å²) >= 11 is 0. The van der Waals surface area contributed by atoms with E-state index in [1.165, 1.54) is 19.6 Å². The lowest BCUT2D eigenvalue weighted by molar-refractivity contribution is -0.198. The van der Waals surface area contributed by atoms with E-state index in [-0.39, 0.29) is 5.82 Å². The molecule has 2 saturated heterocycles. The molecule has 2 aliphatic rings. The molecule has 210 valence electrons. The quantitative estimate of drug-likeness (QED) is 0.414. The summed E-state index contributed by atoms with van der Waals surface area (Å²) in [5, 5.41) is 2.25. The van der Waals surface area contributed by atoms with Gasteiger partial charge in [-0.3, -0.25) is 13.5 Å².